The maximum atomic E-state index is 9.78. The van der Waals surface area contributed by atoms with Crippen molar-refractivity contribution in [1.29, 1.82) is 0 Å². The Kier molecular flexibility index (Phi) is 5.23. The first-order chi connectivity index (χ1) is 9.19. The summed E-state index contributed by atoms with van der Waals surface area (Å²) >= 11 is 0. The average Bonchev–Trinajstić information content (AvgIpc) is 3.26. The van der Waals surface area contributed by atoms with E-state index in [0.717, 1.165) is 12.2 Å². The minimum Gasteiger partial charge on any atom is -0.491 e. The van der Waals surface area contributed by atoms with Gasteiger partial charge in [-0.05, 0) is 42.9 Å². The van der Waals surface area contributed by atoms with Crippen molar-refractivity contribution in [2.75, 3.05) is 13.2 Å². The van der Waals surface area contributed by atoms with Crippen molar-refractivity contribution in [1.82, 2.24) is 5.32 Å². The first-order valence-corrected chi connectivity index (χ1v) is 7.33. The van der Waals surface area contributed by atoms with Crippen LogP contribution in [-0.2, 0) is 0 Å². The molecular weight excluding hydrogens is 238 g/mol. The lowest BCUT2D eigenvalue weighted by molar-refractivity contribution is 0.106. The van der Waals surface area contributed by atoms with Crippen LogP contribution in [0, 0.1) is 0 Å². The van der Waals surface area contributed by atoms with E-state index in [9.17, 15) is 5.11 Å². The van der Waals surface area contributed by atoms with E-state index >= 15 is 0 Å². The maximum Gasteiger partial charge on any atom is 0.119 e. The molecule has 3 heteroatoms. The van der Waals surface area contributed by atoms with Gasteiger partial charge in [0, 0.05) is 12.6 Å². The van der Waals surface area contributed by atoms with Gasteiger partial charge in [-0.2, -0.15) is 0 Å². The zero-order valence-electron chi connectivity index (χ0n) is 11.9. The highest BCUT2D eigenvalue weighted by Crippen LogP contribution is 2.21. The molecule has 106 valence electrons. The van der Waals surface area contributed by atoms with E-state index in [1.165, 1.54) is 18.4 Å². The van der Waals surface area contributed by atoms with Crippen LogP contribution in [0.15, 0.2) is 24.3 Å². The van der Waals surface area contributed by atoms with Crippen LogP contribution in [0.3, 0.4) is 0 Å². The second-order valence-electron chi connectivity index (χ2n) is 5.53. The fourth-order valence-electron chi connectivity index (χ4n) is 1.97. The number of hydrogen-bond donors (Lipinski definition) is 2. The van der Waals surface area contributed by atoms with Crippen LogP contribution >= 0.6 is 0 Å². The fraction of sp³-hybridized carbons (Fsp3) is 0.625. The smallest absolute Gasteiger partial charge is 0.119 e. The third-order valence-electron chi connectivity index (χ3n) is 3.72. The molecule has 2 rings (SSSR count). The molecule has 2 atom stereocenters. The highest BCUT2D eigenvalue weighted by molar-refractivity contribution is 5.29. The van der Waals surface area contributed by atoms with Gasteiger partial charge in [-0.25, -0.2) is 0 Å². The molecule has 0 radical (unpaired) electrons. The lowest BCUT2D eigenvalue weighted by Gasteiger charge is -2.14. The molecule has 1 aromatic carbocycles. The summed E-state index contributed by atoms with van der Waals surface area (Å²) in [6.07, 6.45) is 3.19. The molecular formula is C16H25NO2. The first kappa shape index (κ1) is 14.4. The second kappa shape index (κ2) is 6.92. The van der Waals surface area contributed by atoms with Crippen LogP contribution in [0.2, 0.25) is 0 Å². The van der Waals surface area contributed by atoms with E-state index in [0.29, 0.717) is 25.1 Å². The zero-order valence-corrected chi connectivity index (χ0v) is 11.9. The molecule has 3 nitrogen and oxygen atoms in total. The van der Waals surface area contributed by atoms with Gasteiger partial charge in [0.05, 0.1) is 0 Å². The summed E-state index contributed by atoms with van der Waals surface area (Å²) in [6, 6.07) is 8.83. The van der Waals surface area contributed by atoms with Crippen molar-refractivity contribution in [2.24, 2.45) is 0 Å². The molecule has 1 aliphatic carbocycles. The van der Waals surface area contributed by atoms with Gasteiger partial charge in [-0.3, -0.25) is 0 Å². The van der Waals surface area contributed by atoms with E-state index in [1.807, 2.05) is 12.1 Å². The third-order valence-corrected chi connectivity index (χ3v) is 3.72. The van der Waals surface area contributed by atoms with Crippen molar-refractivity contribution in [3.8, 4) is 5.75 Å². The number of ether oxygens (including phenoxy) is 1. The summed E-state index contributed by atoms with van der Waals surface area (Å²) in [5, 5.41) is 13.1. The summed E-state index contributed by atoms with van der Waals surface area (Å²) < 4.78 is 5.60. The minimum atomic E-state index is -0.435. The van der Waals surface area contributed by atoms with Gasteiger partial charge in [0.25, 0.3) is 0 Å². The van der Waals surface area contributed by atoms with Crippen LogP contribution in [0.1, 0.15) is 44.6 Å². The van der Waals surface area contributed by atoms with E-state index < -0.39 is 6.10 Å². The molecule has 0 spiro atoms. The Balaban J connectivity index is 1.72. The molecule has 2 unspecified atom stereocenters. The summed E-state index contributed by atoms with van der Waals surface area (Å²) in [6.45, 7) is 5.39. The SMILES string of the molecule is CCC(C)c1ccc(OCC(O)CNC2CC2)cc1. The molecule has 1 fully saturated rings. The third kappa shape index (κ3) is 4.84. The topological polar surface area (TPSA) is 41.5 Å². The molecule has 19 heavy (non-hydrogen) atoms. The van der Waals surface area contributed by atoms with Crippen molar-refractivity contribution in [2.45, 2.75) is 51.2 Å². The Morgan fingerprint density at radius 1 is 1.32 bits per heavy atom. The van der Waals surface area contributed by atoms with Crippen LogP contribution in [0.4, 0.5) is 0 Å². The molecule has 2 N–H and O–H groups in total. The van der Waals surface area contributed by atoms with Crippen LogP contribution in [0.25, 0.3) is 0 Å². The van der Waals surface area contributed by atoms with Gasteiger partial charge in [0.1, 0.15) is 18.5 Å². The lowest BCUT2D eigenvalue weighted by atomic mass is 9.99. The van der Waals surface area contributed by atoms with Crippen LogP contribution < -0.4 is 10.1 Å². The van der Waals surface area contributed by atoms with E-state index in [1.54, 1.807) is 0 Å². The molecule has 1 aliphatic rings. The Morgan fingerprint density at radius 2 is 2.00 bits per heavy atom. The number of rotatable bonds is 8. The number of benzene rings is 1. The summed E-state index contributed by atoms with van der Waals surface area (Å²) in [5.41, 5.74) is 1.34. The van der Waals surface area contributed by atoms with E-state index in [4.69, 9.17) is 4.74 Å². The highest BCUT2D eigenvalue weighted by atomic mass is 16.5. The Morgan fingerprint density at radius 3 is 2.58 bits per heavy atom. The van der Waals surface area contributed by atoms with Crippen molar-refractivity contribution in [3.05, 3.63) is 29.8 Å². The van der Waals surface area contributed by atoms with Crippen molar-refractivity contribution >= 4 is 0 Å². The number of nitrogens with one attached hydrogen (secondary N) is 1. The number of aliphatic hydroxyl groups is 1. The molecule has 0 saturated heterocycles. The number of aliphatic hydroxyl groups excluding tert-OH is 1. The summed E-state index contributed by atoms with van der Waals surface area (Å²) in [4.78, 5) is 0. The van der Waals surface area contributed by atoms with Crippen LogP contribution in [-0.4, -0.2) is 30.4 Å². The normalized spacial score (nSPS) is 18.1. The van der Waals surface area contributed by atoms with Gasteiger partial charge >= 0.3 is 0 Å². The Labute approximate surface area is 116 Å². The Bertz CT molecular complexity index is 373. The predicted octanol–water partition coefficient (Wildman–Crippen LogP) is 2.69. The zero-order chi connectivity index (χ0) is 13.7. The van der Waals surface area contributed by atoms with E-state index in [2.05, 4.69) is 31.3 Å². The second-order valence-corrected chi connectivity index (χ2v) is 5.53. The molecule has 1 aromatic rings. The molecule has 0 aliphatic heterocycles. The largest absolute Gasteiger partial charge is 0.491 e. The van der Waals surface area contributed by atoms with Gasteiger partial charge in [-0.15, -0.1) is 0 Å². The van der Waals surface area contributed by atoms with Crippen LogP contribution in [0.5, 0.6) is 5.75 Å². The maximum absolute atomic E-state index is 9.78. The average molecular weight is 263 g/mol. The quantitative estimate of drug-likeness (QED) is 0.757. The predicted molar refractivity (Wildman–Crippen MR) is 77.7 cm³/mol. The van der Waals surface area contributed by atoms with Crippen molar-refractivity contribution in [3.63, 3.8) is 0 Å². The lowest BCUT2D eigenvalue weighted by Crippen LogP contribution is -2.32. The highest BCUT2D eigenvalue weighted by Gasteiger charge is 2.21. The van der Waals surface area contributed by atoms with Crippen molar-refractivity contribution < 1.29 is 9.84 Å². The number of hydrogen-bond acceptors (Lipinski definition) is 3. The monoisotopic (exact) mass is 263 g/mol. The first-order valence-electron chi connectivity index (χ1n) is 7.33. The molecule has 0 aromatic heterocycles. The van der Waals surface area contributed by atoms with E-state index in [-0.39, 0.29) is 0 Å². The molecule has 1 saturated carbocycles. The summed E-state index contributed by atoms with van der Waals surface area (Å²) in [5.74, 6) is 1.42. The van der Waals surface area contributed by atoms with Gasteiger partial charge in [0.15, 0.2) is 0 Å². The van der Waals surface area contributed by atoms with Gasteiger partial charge < -0.3 is 15.2 Å². The Hall–Kier alpha value is -1.06. The fourth-order valence-corrected chi connectivity index (χ4v) is 1.97. The molecule has 0 bridgehead atoms. The molecule has 0 heterocycles. The van der Waals surface area contributed by atoms with Gasteiger partial charge in [0.2, 0.25) is 0 Å². The van der Waals surface area contributed by atoms with Gasteiger partial charge in [-0.1, -0.05) is 26.0 Å². The summed E-state index contributed by atoms with van der Waals surface area (Å²) in [7, 11) is 0. The minimum absolute atomic E-state index is 0.350. The standard InChI is InChI=1S/C16H25NO2/c1-3-12(2)13-4-8-16(9-5-13)19-11-15(18)10-17-14-6-7-14/h4-5,8-9,12,14-15,17-18H,3,6-7,10-11H2,1-2H3. The molecule has 0 amide bonds.